The summed E-state index contributed by atoms with van der Waals surface area (Å²) in [4.78, 5) is 40.1. The monoisotopic (exact) mass is 489 g/mol. The van der Waals surface area contributed by atoms with E-state index < -0.39 is 17.9 Å². The number of anilines is 1. The van der Waals surface area contributed by atoms with E-state index in [-0.39, 0.29) is 16.8 Å². The second kappa shape index (κ2) is 12.3. The first-order chi connectivity index (χ1) is 16.1. The van der Waals surface area contributed by atoms with Gasteiger partial charge in [-0.25, -0.2) is 0 Å². The number of benzene rings is 2. The van der Waals surface area contributed by atoms with E-state index in [1.807, 2.05) is 27.7 Å². The summed E-state index contributed by atoms with van der Waals surface area (Å²) in [6.07, 6.45) is 0. The van der Waals surface area contributed by atoms with Gasteiger partial charge in [0, 0.05) is 30.4 Å². The van der Waals surface area contributed by atoms with Gasteiger partial charge in [0.15, 0.2) is 0 Å². The molecule has 0 radical (unpaired) electrons. The van der Waals surface area contributed by atoms with Gasteiger partial charge in [-0.05, 0) is 50.1 Å². The average Bonchev–Trinajstić information content (AvgIpc) is 2.82. The maximum absolute atomic E-state index is 13.0. The highest BCUT2D eigenvalue weighted by molar-refractivity contribution is 6.34. The van der Waals surface area contributed by atoms with Gasteiger partial charge < -0.3 is 25.0 Å². The number of ether oxygens (including phenoxy) is 2. The van der Waals surface area contributed by atoms with Crippen molar-refractivity contribution in [1.29, 1.82) is 0 Å². The van der Waals surface area contributed by atoms with Crippen molar-refractivity contribution in [2.24, 2.45) is 5.92 Å². The van der Waals surface area contributed by atoms with Crippen molar-refractivity contribution < 1.29 is 23.9 Å². The van der Waals surface area contributed by atoms with Gasteiger partial charge in [-0.1, -0.05) is 25.4 Å². The Morgan fingerprint density at radius 2 is 1.56 bits per heavy atom. The Morgan fingerprint density at radius 1 is 0.971 bits per heavy atom. The van der Waals surface area contributed by atoms with Crippen LogP contribution in [-0.2, 0) is 4.79 Å². The fraction of sp³-hybridized carbons (Fsp3) is 0.400. The summed E-state index contributed by atoms with van der Waals surface area (Å²) in [6, 6.07) is 8.71. The van der Waals surface area contributed by atoms with Crippen LogP contribution in [0.3, 0.4) is 0 Å². The Morgan fingerprint density at radius 3 is 2.03 bits per heavy atom. The summed E-state index contributed by atoms with van der Waals surface area (Å²) >= 11 is 6.34. The molecule has 184 valence electrons. The Kier molecular flexibility index (Phi) is 9.74. The molecule has 2 aromatic carbocycles. The van der Waals surface area contributed by atoms with Gasteiger partial charge in [-0.2, -0.15) is 0 Å². The molecule has 2 aromatic rings. The highest BCUT2D eigenvalue weighted by atomic mass is 35.5. The van der Waals surface area contributed by atoms with Crippen molar-refractivity contribution in [1.82, 2.24) is 10.2 Å². The third kappa shape index (κ3) is 6.63. The molecule has 8 nitrogen and oxygen atoms in total. The van der Waals surface area contributed by atoms with Crippen LogP contribution >= 0.6 is 11.6 Å². The number of carbonyl (C=O) groups is 3. The third-order valence-corrected chi connectivity index (χ3v) is 5.68. The Bertz CT molecular complexity index is 1010. The van der Waals surface area contributed by atoms with Gasteiger partial charge in [-0.15, -0.1) is 0 Å². The van der Waals surface area contributed by atoms with Crippen LogP contribution in [0.2, 0.25) is 5.02 Å². The number of amides is 3. The molecule has 0 saturated carbocycles. The first kappa shape index (κ1) is 27.0. The second-order valence-corrected chi connectivity index (χ2v) is 8.37. The molecule has 1 atom stereocenters. The van der Waals surface area contributed by atoms with E-state index in [1.165, 1.54) is 20.3 Å². The number of rotatable bonds is 10. The van der Waals surface area contributed by atoms with Gasteiger partial charge in [0.05, 0.1) is 24.8 Å². The van der Waals surface area contributed by atoms with Gasteiger partial charge in [-0.3, -0.25) is 14.4 Å². The normalized spacial score (nSPS) is 11.5. The van der Waals surface area contributed by atoms with E-state index >= 15 is 0 Å². The zero-order valence-corrected chi connectivity index (χ0v) is 21.2. The second-order valence-electron chi connectivity index (χ2n) is 7.96. The fourth-order valence-corrected chi connectivity index (χ4v) is 3.63. The molecule has 0 bridgehead atoms. The summed E-state index contributed by atoms with van der Waals surface area (Å²) in [5.74, 6) is -0.293. The van der Waals surface area contributed by atoms with Crippen LogP contribution in [0.25, 0.3) is 0 Å². The molecule has 0 spiro atoms. The molecule has 3 amide bonds. The molecule has 0 heterocycles. The quantitative estimate of drug-likeness (QED) is 0.520. The summed E-state index contributed by atoms with van der Waals surface area (Å²) in [6.45, 7) is 8.58. The average molecular weight is 490 g/mol. The molecule has 0 saturated heterocycles. The first-order valence-electron chi connectivity index (χ1n) is 11.1. The number of halogens is 1. The van der Waals surface area contributed by atoms with Crippen LogP contribution in [0.15, 0.2) is 36.4 Å². The standard InChI is InChI=1S/C25H32ClN3O5/c1-7-29(8-2)25(32)20-10-9-17(13-21(20)26)27-24(31)22(15(3)4)28-23(30)16-11-18(33-5)14-19(12-16)34-6/h9-15,22H,7-8H2,1-6H3,(H,27,31)(H,28,30). The third-order valence-electron chi connectivity index (χ3n) is 5.37. The van der Waals surface area contributed by atoms with E-state index in [4.69, 9.17) is 21.1 Å². The minimum Gasteiger partial charge on any atom is -0.497 e. The van der Waals surface area contributed by atoms with Crippen LogP contribution in [0.5, 0.6) is 11.5 Å². The van der Waals surface area contributed by atoms with E-state index in [0.29, 0.717) is 41.4 Å². The maximum atomic E-state index is 13.0. The zero-order chi connectivity index (χ0) is 25.4. The Balaban J connectivity index is 2.19. The molecular weight excluding hydrogens is 458 g/mol. The Labute approximate surface area is 205 Å². The van der Waals surface area contributed by atoms with E-state index in [2.05, 4.69) is 10.6 Å². The topological polar surface area (TPSA) is 97.0 Å². The predicted octanol–water partition coefficient (Wildman–Crippen LogP) is 4.23. The summed E-state index contributed by atoms with van der Waals surface area (Å²) in [5.41, 5.74) is 1.09. The van der Waals surface area contributed by atoms with E-state index in [1.54, 1.807) is 35.2 Å². The van der Waals surface area contributed by atoms with E-state index in [9.17, 15) is 14.4 Å². The SMILES string of the molecule is CCN(CC)C(=O)c1ccc(NC(=O)C(NC(=O)c2cc(OC)cc(OC)c2)C(C)C)cc1Cl. The lowest BCUT2D eigenvalue weighted by molar-refractivity contribution is -0.118. The zero-order valence-electron chi connectivity index (χ0n) is 20.4. The van der Waals surface area contributed by atoms with Crippen molar-refractivity contribution in [2.45, 2.75) is 33.7 Å². The molecule has 9 heteroatoms. The molecule has 0 aromatic heterocycles. The van der Waals surface area contributed by atoms with Gasteiger partial charge in [0.1, 0.15) is 17.5 Å². The number of carbonyl (C=O) groups excluding carboxylic acids is 3. The smallest absolute Gasteiger partial charge is 0.255 e. The van der Waals surface area contributed by atoms with Crippen molar-refractivity contribution in [3.8, 4) is 11.5 Å². The number of nitrogens with zero attached hydrogens (tertiary/aromatic N) is 1. The minimum atomic E-state index is -0.819. The number of hydrogen-bond donors (Lipinski definition) is 2. The van der Waals surface area contributed by atoms with Crippen LogP contribution in [0.1, 0.15) is 48.4 Å². The number of hydrogen-bond acceptors (Lipinski definition) is 5. The largest absolute Gasteiger partial charge is 0.497 e. The van der Waals surface area contributed by atoms with Crippen LogP contribution in [-0.4, -0.2) is 56.0 Å². The van der Waals surface area contributed by atoms with Gasteiger partial charge >= 0.3 is 0 Å². The molecule has 0 aliphatic rings. The van der Waals surface area contributed by atoms with Crippen molar-refractivity contribution in [2.75, 3.05) is 32.6 Å². The number of methoxy groups -OCH3 is 2. The molecule has 2 rings (SSSR count). The Hall–Kier alpha value is -3.26. The van der Waals surface area contributed by atoms with Crippen molar-refractivity contribution in [3.63, 3.8) is 0 Å². The molecule has 0 fully saturated rings. The summed E-state index contributed by atoms with van der Waals surface area (Å²) < 4.78 is 10.4. The van der Waals surface area contributed by atoms with Crippen molar-refractivity contribution >= 4 is 35.0 Å². The highest BCUT2D eigenvalue weighted by Gasteiger charge is 2.26. The lowest BCUT2D eigenvalue weighted by Crippen LogP contribution is -2.47. The maximum Gasteiger partial charge on any atom is 0.255 e. The van der Waals surface area contributed by atoms with Gasteiger partial charge in [0.25, 0.3) is 11.8 Å². The molecule has 0 aliphatic heterocycles. The predicted molar refractivity (Wildman–Crippen MR) is 133 cm³/mol. The minimum absolute atomic E-state index is 0.172. The highest BCUT2D eigenvalue weighted by Crippen LogP contribution is 2.24. The van der Waals surface area contributed by atoms with Gasteiger partial charge in [0.2, 0.25) is 5.91 Å². The fourth-order valence-electron chi connectivity index (χ4n) is 3.37. The summed E-state index contributed by atoms with van der Waals surface area (Å²) in [5, 5.41) is 5.79. The molecular formula is C25H32ClN3O5. The molecule has 2 N–H and O–H groups in total. The lowest BCUT2D eigenvalue weighted by Gasteiger charge is -2.22. The van der Waals surface area contributed by atoms with Crippen LogP contribution in [0, 0.1) is 5.92 Å². The summed E-state index contributed by atoms with van der Waals surface area (Å²) in [7, 11) is 2.99. The van der Waals surface area contributed by atoms with E-state index in [0.717, 1.165) is 0 Å². The van der Waals surface area contributed by atoms with Crippen molar-refractivity contribution in [3.05, 3.63) is 52.5 Å². The first-order valence-corrected chi connectivity index (χ1v) is 11.5. The molecule has 34 heavy (non-hydrogen) atoms. The molecule has 1 unspecified atom stereocenters. The van der Waals surface area contributed by atoms with Crippen LogP contribution < -0.4 is 20.1 Å². The van der Waals surface area contributed by atoms with Crippen LogP contribution in [0.4, 0.5) is 5.69 Å². The molecule has 0 aliphatic carbocycles. The lowest BCUT2D eigenvalue weighted by atomic mass is 10.0. The number of nitrogens with one attached hydrogen (secondary N) is 2.